The number of nitrogens with zero attached hydrogens (tertiary/aromatic N) is 2. The van der Waals surface area contributed by atoms with Gasteiger partial charge in [-0.15, -0.1) is 22.7 Å². The molecule has 3 heterocycles. The fraction of sp³-hybridized carbons (Fsp3) is 0.190. The first-order valence-corrected chi connectivity index (χ1v) is 10.9. The van der Waals surface area contributed by atoms with Gasteiger partial charge in [0.2, 0.25) is 5.78 Å². The molecule has 1 amide bonds. The van der Waals surface area contributed by atoms with E-state index in [-0.39, 0.29) is 11.4 Å². The van der Waals surface area contributed by atoms with Gasteiger partial charge in [0.1, 0.15) is 6.04 Å². The average Bonchev–Trinajstić information content (AvgIpc) is 3.35. The predicted molar refractivity (Wildman–Crippen MR) is 116 cm³/mol. The molecule has 29 heavy (non-hydrogen) atoms. The van der Waals surface area contributed by atoms with Gasteiger partial charge in [0.25, 0.3) is 5.91 Å². The summed E-state index contributed by atoms with van der Waals surface area (Å²) >= 11 is 8.77. The van der Waals surface area contributed by atoms with Crippen LogP contribution in [0.25, 0.3) is 0 Å². The van der Waals surface area contributed by atoms with Crippen LogP contribution in [0.1, 0.15) is 36.9 Å². The number of hydrogen-bond donors (Lipinski definition) is 1. The second-order valence-electron chi connectivity index (χ2n) is 6.76. The lowest BCUT2D eigenvalue weighted by molar-refractivity contribution is -0.117. The highest BCUT2D eigenvalue weighted by Gasteiger charge is 2.46. The van der Waals surface area contributed by atoms with Crippen LogP contribution in [-0.4, -0.2) is 21.8 Å². The van der Waals surface area contributed by atoms with Gasteiger partial charge in [-0.05, 0) is 56.0 Å². The van der Waals surface area contributed by atoms with Crippen molar-refractivity contribution in [3.8, 4) is 0 Å². The number of halogens is 1. The van der Waals surface area contributed by atoms with Gasteiger partial charge in [-0.3, -0.25) is 14.5 Å². The number of anilines is 1. The van der Waals surface area contributed by atoms with E-state index in [0.717, 1.165) is 15.4 Å². The Bertz CT molecular complexity index is 1160. The molecule has 0 saturated heterocycles. The minimum atomic E-state index is -0.711. The number of Topliss-reactive ketones (excluding diaryl/α,β-unsaturated/α-hetero) is 1. The van der Waals surface area contributed by atoms with Crippen molar-refractivity contribution in [2.75, 3.05) is 4.90 Å². The fourth-order valence-electron chi connectivity index (χ4n) is 3.56. The minimum absolute atomic E-state index is 0.0820. The van der Waals surface area contributed by atoms with E-state index in [0.29, 0.717) is 21.3 Å². The van der Waals surface area contributed by atoms with Crippen molar-refractivity contribution in [1.29, 1.82) is 0 Å². The van der Waals surface area contributed by atoms with E-state index in [4.69, 9.17) is 11.6 Å². The molecule has 0 saturated carbocycles. The van der Waals surface area contributed by atoms with E-state index < -0.39 is 17.7 Å². The van der Waals surface area contributed by atoms with Gasteiger partial charge in [-0.25, -0.2) is 4.98 Å². The van der Waals surface area contributed by atoms with Crippen molar-refractivity contribution in [3.05, 3.63) is 78.1 Å². The molecule has 148 valence electrons. The van der Waals surface area contributed by atoms with Gasteiger partial charge in [-0.2, -0.15) is 0 Å². The third-order valence-electron chi connectivity index (χ3n) is 4.79. The number of carbonyl (C=O) groups is 2. The van der Waals surface area contributed by atoms with Gasteiger partial charge in [-0.1, -0.05) is 17.7 Å². The van der Waals surface area contributed by atoms with E-state index in [1.165, 1.54) is 27.6 Å². The quantitative estimate of drug-likeness (QED) is 0.534. The molecule has 1 aliphatic heterocycles. The number of aliphatic hydroxyl groups is 1. The monoisotopic (exact) mass is 444 g/mol. The Morgan fingerprint density at radius 2 is 2.00 bits per heavy atom. The second-order valence-corrected chi connectivity index (χ2v) is 9.38. The maximum atomic E-state index is 13.4. The van der Waals surface area contributed by atoms with E-state index in [1.54, 1.807) is 25.1 Å². The van der Waals surface area contributed by atoms with Crippen LogP contribution < -0.4 is 4.90 Å². The summed E-state index contributed by atoms with van der Waals surface area (Å²) in [6.45, 7) is 5.42. The highest BCUT2D eigenvalue weighted by molar-refractivity contribution is 7.14. The van der Waals surface area contributed by atoms with Crippen LogP contribution in [0.2, 0.25) is 5.02 Å². The number of aryl methyl sites for hydroxylation is 3. The molecule has 0 spiro atoms. The second kappa shape index (κ2) is 7.40. The van der Waals surface area contributed by atoms with Gasteiger partial charge < -0.3 is 5.11 Å². The summed E-state index contributed by atoms with van der Waals surface area (Å²) in [4.78, 5) is 33.5. The van der Waals surface area contributed by atoms with Gasteiger partial charge in [0.15, 0.2) is 5.76 Å². The first-order valence-electron chi connectivity index (χ1n) is 8.84. The van der Waals surface area contributed by atoms with Crippen molar-refractivity contribution < 1.29 is 14.7 Å². The molecule has 1 N–H and O–H groups in total. The van der Waals surface area contributed by atoms with Crippen molar-refractivity contribution >= 4 is 51.7 Å². The number of carbonyl (C=O) groups excluding carboxylic acids is 2. The van der Waals surface area contributed by atoms with E-state index in [2.05, 4.69) is 4.98 Å². The maximum Gasteiger partial charge on any atom is 0.294 e. The lowest BCUT2D eigenvalue weighted by Gasteiger charge is -2.27. The van der Waals surface area contributed by atoms with Gasteiger partial charge in [0, 0.05) is 15.6 Å². The zero-order chi connectivity index (χ0) is 20.9. The molecule has 0 radical (unpaired) electrons. The number of rotatable bonds is 4. The van der Waals surface area contributed by atoms with Crippen molar-refractivity contribution in [2.45, 2.75) is 26.8 Å². The molecular weight excluding hydrogens is 428 g/mol. The third kappa shape index (κ3) is 3.29. The minimum Gasteiger partial charge on any atom is -0.503 e. The number of hydrogen-bond acceptors (Lipinski definition) is 6. The summed E-state index contributed by atoms with van der Waals surface area (Å²) in [5, 5.41) is 14.0. The van der Waals surface area contributed by atoms with E-state index in [1.807, 2.05) is 31.4 Å². The molecular formula is C21H17ClN2O3S2. The van der Waals surface area contributed by atoms with Crippen LogP contribution >= 0.6 is 34.3 Å². The van der Waals surface area contributed by atoms with Gasteiger partial charge >= 0.3 is 0 Å². The Hall–Kier alpha value is -2.48. The molecule has 8 heteroatoms. The standard InChI is InChI=1S/C21H17ClN2O3S2/c1-10-9-13(22)6-7-14(10)24-17(15-5-4-8-28-15)16(19(26)21(24)27)18(25)20-11(2)23-12(3)29-20/h4-9,17,26H,1-3H3. The Labute approximate surface area is 180 Å². The van der Waals surface area contributed by atoms with Crippen LogP contribution in [-0.2, 0) is 4.79 Å². The van der Waals surface area contributed by atoms with Crippen molar-refractivity contribution in [1.82, 2.24) is 4.98 Å². The summed E-state index contributed by atoms with van der Waals surface area (Å²) in [6.07, 6.45) is 0. The summed E-state index contributed by atoms with van der Waals surface area (Å²) in [7, 11) is 0. The first-order chi connectivity index (χ1) is 13.8. The molecule has 0 aliphatic carbocycles. The smallest absolute Gasteiger partial charge is 0.294 e. The Kier molecular flexibility index (Phi) is 5.06. The summed E-state index contributed by atoms with van der Waals surface area (Å²) in [6, 6.07) is 8.18. The molecule has 0 bridgehead atoms. The molecule has 1 aromatic carbocycles. The molecule has 0 fully saturated rings. The zero-order valence-corrected chi connectivity index (χ0v) is 18.3. The average molecular weight is 445 g/mol. The van der Waals surface area contributed by atoms with E-state index in [9.17, 15) is 14.7 Å². The van der Waals surface area contributed by atoms with Crippen LogP contribution in [0.3, 0.4) is 0 Å². The Morgan fingerprint density at radius 1 is 1.24 bits per heavy atom. The number of thiophene rings is 1. The fourth-order valence-corrected chi connectivity index (χ4v) is 5.48. The number of amides is 1. The number of aliphatic hydroxyl groups excluding tert-OH is 1. The topological polar surface area (TPSA) is 70.5 Å². The highest BCUT2D eigenvalue weighted by Crippen LogP contribution is 2.45. The summed E-state index contributed by atoms with van der Waals surface area (Å²) in [5.41, 5.74) is 2.05. The van der Waals surface area contributed by atoms with Crippen molar-refractivity contribution in [3.63, 3.8) is 0 Å². The molecule has 3 aromatic rings. The molecule has 1 atom stereocenters. The van der Waals surface area contributed by atoms with Crippen LogP contribution in [0.4, 0.5) is 5.69 Å². The number of ketones is 1. The van der Waals surface area contributed by atoms with Crippen LogP contribution in [0.15, 0.2) is 47.0 Å². The predicted octanol–water partition coefficient (Wildman–Crippen LogP) is 5.57. The zero-order valence-electron chi connectivity index (χ0n) is 15.9. The summed E-state index contributed by atoms with van der Waals surface area (Å²) < 4.78 is 0. The lowest BCUT2D eigenvalue weighted by Crippen LogP contribution is -2.31. The highest BCUT2D eigenvalue weighted by atomic mass is 35.5. The lowest BCUT2D eigenvalue weighted by atomic mass is 9.99. The molecule has 2 aromatic heterocycles. The molecule has 4 rings (SSSR count). The molecule has 1 unspecified atom stereocenters. The van der Waals surface area contributed by atoms with Crippen LogP contribution in [0, 0.1) is 20.8 Å². The first kappa shape index (κ1) is 19.8. The number of thiazole rings is 1. The molecule has 1 aliphatic rings. The third-order valence-corrected chi connectivity index (χ3v) is 7.03. The largest absolute Gasteiger partial charge is 0.503 e. The SMILES string of the molecule is Cc1nc(C)c(C(=O)C2=C(O)C(=O)N(c3ccc(Cl)cc3C)C2c2cccs2)s1. The molecule has 5 nitrogen and oxygen atoms in total. The maximum absolute atomic E-state index is 13.4. The number of benzene rings is 1. The van der Waals surface area contributed by atoms with Gasteiger partial charge in [0.05, 0.1) is 21.2 Å². The summed E-state index contributed by atoms with van der Waals surface area (Å²) in [5.74, 6) is -1.49. The Morgan fingerprint density at radius 3 is 2.59 bits per heavy atom. The van der Waals surface area contributed by atoms with E-state index >= 15 is 0 Å². The van der Waals surface area contributed by atoms with Crippen molar-refractivity contribution in [2.24, 2.45) is 0 Å². The number of aromatic nitrogens is 1. The normalized spacial score (nSPS) is 16.8. The van der Waals surface area contributed by atoms with Crippen LogP contribution in [0.5, 0.6) is 0 Å². The Balaban J connectivity index is 1.89.